The van der Waals surface area contributed by atoms with E-state index in [0.29, 0.717) is 0 Å². The third kappa shape index (κ3) is 5.13. The molecule has 3 rings (SSSR count). The van der Waals surface area contributed by atoms with Crippen molar-refractivity contribution in [2.24, 2.45) is 0 Å². The number of carboxylic acids is 1. The van der Waals surface area contributed by atoms with Crippen molar-refractivity contribution in [3.63, 3.8) is 0 Å². The molecule has 1 aromatic rings. The number of para-hydroxylation sites is 1. The van der Waals surface area contributed by atoms with Gasteiger partial charge >= 0.3 is 12.0 Å². The Labute approximate surface area is 160 Å². The number of likely N-dealkylation sites (N-methyl/N-ethyl adjacent to an activating group) is 1. The van der Waals surface area contributed by atoms with Crippen LogP contribution in [0.1, 0.15) is 26.2 Å². The number of carbonyl (C=O) groups is 2. The van der Waals surface area contributed by atoms with Crippen LogP contribution < -0.4 is 10.2 Å². The summed E-state index contributed by atoms with van der Waals surface area (Å²) in [6, 6.07) is 10.7. The van der Waals surface area contributed by atoms with Gasteiger partial charge in [-0.3, -0.25) is 9.69 Å². The first-order chi connectivity index (χ1) is 13.1. The topological polar surface area (TPSA) is 76.1 Å². The lowest BCUT2D eigenvalue weighted by molar-refractivity contribution is -0.139. The monoisotopic (exact) mass is 374 g/mol. The SMILES string of the molecule is CCN(CC(=O)O)C1CC(NC(=O)N2CCCN(c3ccccc3)CC2)C1. The molecule has 2 fully saturated rings. The number of carboxylic acid groups (broad SMARTS) is 1. The number of rotatable bonds is 6. The van der Waals surface area contributed by atoms with Crippen LogP contribution in [0, 0.1) is 0 Å². The number of hydrogen-bond donors (Lipinski definition) is 2. The van der Waals surface area contributed by atoms with Crippen molar-refractivity contribution >= 4 is 17.7 Å². The molecule has 2 N–H and O–H groups in total. The molecule has 7 heteroatoms. The number of aliphatic carboxylic acids is 1. The fourth-order valence-electron chi connectivity index (χ4n) is 3.96. The van der Waals surface area contributed by atoms with Crippen molar-refractivity contribution < 1.29 is 14.7 Å². The van der Waals surface area contributed by atoms with E-state index in [1.165, 1.54) is 5.69 Å². The predicted octanol–water partition coefficient (Wildman–Crippen LogP) is 1.85. The second kappa shape index (κ2) is 9.08. The maximum Gasteiger partial charge on any atom is 0.317 e. The second-order valence-electron chi connectivity index (χ2n) is 7.39. The minimum absolute atomic E-state index is 0.00893. The molecule has 0 atom stereocenters. The average molecular weight is 374 g/mol. The summed E-state index contributed by atoms with van der Waals surface area (Å²) in [5.41, 5.74) is 1.21. The first-order valence-electron chi connectivity index (χ1n) is 9.88. The van der Waals surface area contributed by atoms with E-state index in [1.54, 1.807) is 0 Å². The van der Waals surface area contributed by atoms with E-state index in [9.17, 15) is 9.59 Å². The summed E-state index contributed by atoms with van der Waals surface area (Å²) < 4.78 is 0. The van der Waals surface area contributed by atoms with Crippen LogP contribution in [0.5, 0.6) is 0 Å². The Bertz CT molecular complexity index is 633. The smallest absolute Gasteiger partial charge is 0.317 e. The van der Waals surface area contributed by atoms with Crippen LogP contribution in [0.4, 0.5) is 10.5 Å². The molecule has 1 saturated carbocycles. The predicted molar refractivity (Wildman–Crippen MR) is 105 cm³/mol. The van der Waals surface area contributed by atoms with Crippen LogP contribution in [0.25, 0.3) is 0 Å². The van der Waals surface area contributed by atoms with E-state index in [1.807, 2.05) is 34.9 Å². The van der Waals surface area contributed by atoms with Gasteiger partial charge in [0, 0.05) is 44.0 Å². The van der Waals surface area contributed by atoms with E-state index >= 15 is 0 Å². The van der Waals surface area contributed by atoms with Crippen LogP contribution in [-0.2, 0) is 4.79 Å². The van der Waals surface area contributed by atoms with Crippen molar-refractivity contribution in [1.29, 1.82) is 0 Å². The largest absolute Gasteiger partial charge is 0.480 e. The number of hydrogen-bond acceptors (Lipinski definition) is 4. The molecule has 0 bridgehead atoms. The minimum atomic E-state index is -0.795. The highest BCUT2D eigenvalue weighted by atomic mass is 16.4. The number of benzene rings is 1. The first kappa shape index (κ1) is 19.5. The van der Waals surface area contributed by atoms with Gasteiger partial charge in [0.1, 0.15) is 0 Å². The van der Waals surface area contributed by atoms with Gasteiger partial charge in [-0.25, -0.2) is 4.79 Å². The van der Waals surface area contributed by atoms with Gasteiger partial charge in [0.25, 0.3) is 0 Å². The van der Waals surface area contributed by atoms with Crippen LogP contribution in [-0.4, -0.2) is 78.3 Å². The highest BCUT2D eigenvalue weighted by Gasteiger charge is 2.35. The van der Waals surface area contributed by atoms with Gasteiger partial charge < -0.3 is 20.2 Å². The number of urea groups is 1. The molecule has 1 aromatic carbocycles. The molecule has 0 spiro atoms. The molecule has 27 heavy (non-hydrogen) atoms. The van der Waals surface area contributed by atoms with Crippen molar-refractivity contribution in [1.82, 2.24) is 15.1 Å². The highest BCUT2D eigenvalue weighted by Crippen LogP contribution is 2.26. The first-order valence-corrected chi connectivity index (χ1v) is 9.88. The van der Waals surface area contributed by atoms with Gasteiger partial charge in [-0.15, -0.1) is 0 Å². The molecule has 2 amide bonds. The normalized spacial score (nSPS) is 22.9. The average Bonchev–Trinajstić information content (AvgIpc) is 2.89. The number of nitrogens with zero attached hydrogens (tertiary/aromatic N) is 3. The third-order valence-corrected chi connectivity index (χ3v) is 5.61. The van der Waals surface area contributed by atoms with Crippen molar-refractivity contribution in [2.75, 3.05) is 44.2 Å². The van der Waals surface area contributed by atoms with Crippen LogP contribution in [0.15, 0.2) is 30.3 Å². The van der Waals surface area contributed by atoms with Crippen molar-refractivity contribution in [3.8, 4) is 0 Å². The van der Waals surface area contributed by atoms with Gasteiger partial charge in [-0.2, -0.15) is 0 Å². The lowest BCUT2D eigenvalue weighted by atomic mass is 9.85. The van der Waals surface area contributed by atoms with Gasteiger partial charge in [-0.05, 0) is 37.9 Å². The molecule has 148 valence electrons. The van der Waals surface area contributed by atoms with Crippen molar-refractivity contribution in [2.45, 2.75) is 38.3 Å². The summed E-state index contributed by atoms with van der Waals surface area (Å²) >= 11 is 0. The maximum atomic E-state index is 12.6. The number of anilines is 1. The Kier molecular flexibility index (Phi) is 6.55. The maximum absolute atomic E-state index is 12.6. The van der Waals surface area contributed by atoms with E-state index in [4.69, 9.17) is 5.11 Å². The Morgan fingerprint density at radius 1 is 1.15 bits per heavy atom. The zero-order valence-electron chi connectivity index (χ0n) is 16.0. The van der Waals surface area contributed by atoms with E-state index in [0.717, 1.165) is 52.0 Å². The lowest BCUT2D eigenvalue weighted by Crippen LogP contribution is -2.57. The minimum Gasteiger partial charge on any atom is -0.480 e. The molecule has 1 heterocycles. The highest BCUT2D eigenvalue weighted by molar-refractivity contribution is 5.75. The molecule has 0 unspecified atom stereocenters. The molecular weight excluding hydrogens is 344 g/mol. The Morgan fingerprint density at radius 3 is 2.56 bits per heavy atom. The van der Waals surface area contributed by atoms with Crippen LogP contribution in [0.3, 0.4) is 0 Å². The van der Waals surface area contributed by atoms with E-state index in [2.05, 4.69) is 22.3 Å². The standard InChI is InChI=1S/C20H30N4O3/c1-2-22(15-19(25)26)18-13-16(14-18)21-20(27)24-10-6-9-23(11-12-24)17-7-4-3-5-8-17/h3-5,7-8,16,18H,2,6,9-15H2,1H3,(H,21,27)(H,25,26). The summed E-state index contributed by atoms with van der Waals surface area (Å²) in [6.45, 7) is 6.06. The molecule has 1 aliphatic carbocycles. The zero-order valence-corrected chi connectivity index (χ0v) is 16.0. The Balaban J connectivity index is 1.44. The summed E-state index contributed by atoms with van der Waals surface area (Å²) in [5, 5.41) is 12.1. The quantitative estimate of drug-likeness (QED) is 0.795. The Morgan fingerprint density at radius 2 is 1.89 bits per heavy atom. The lowest BCUT2D eigenvalue weighted by Gasteiger charge is -2.42. The molecular formula is C20H30N4O3. The van der Waals surface area contributed by atoms with Gasteiger partial charge in [0.05, 0.1) is 6.54 Å². The summed E-state index contributed by atoms with van der Waals surface area (Å²) in [4.78, 5) is 29.7. The summed E-state index contributed by atoms with van der Waals surface area (Å²) in [6.07, 6.45) is 2.62. The molecule has 0 radical (unpaired) electrons. The van der Waals surface area contributed by atoms with Gasteiger partial charge in [0.2, 0.25) is 0 Å². The molecule has 1 aliphatic heterocycles. The molecule has 1 saturated heterocycles. The summed E-state index contributed by atoms with van der Waals surface area (Å²) in [5.74, 6) is -0.795. The van der Waals surface area contributed by atoms with E-state index < -0.39 is 5.97 Å². The zero-order chi connectivity index (χ0) is 19.2. The van der Waals surface area contributed by atoms with Crippen LogP contribution in [0.2, 0.25) is 0 Å². The second-order valence-corrected chi connectivity index (χ2v) is 7.39. The Hall–Kier alpha value is -2.28. The molecule has 2 aliphatic rings. The van der Waals surface area contributed by atoms with Crippen molar-refractivity contribution in [3.05, 3.63) is 30.3 Å². The fraction of sp³-hybridized carbons (Fsp3) is 0.600. The number of carbonyl (C=O) groups excluding carboxylic acids is 1. The van der Waals surface area contributed by atoms with Crippen LogP contribution >= 0.6 is 0 Å². The van der Waals surface area contributed by atoms with E-state index in [-0.39, 0.29) is 24.7 Å². The van der Waals surface area contributed by atoms with Gasteiger partial charge in [0.15, 0.2) is 0 Å². The summed E-state index contributed by atoms with van der Waals surface area (Å²) in [7, 11) is 0. The molecule has 7 nitrogen and oxygen atoms in total. The fourth-order valence-corrected chi connectivity index (χ4v) is 3.96. The third-order valence-electron chi connectivity index (χ3n) is 5.61. The number of amides is 2. The molecule has 0 aromatic heterocycles. The van der Waals surface area contributed by atoms with Gasteiger partial charge in [-0.1, -0.05) is 25.1 Å². The number of nitrogens with one attached hydrogen (secondary N) is 1.